The van der Waals surface area contributed by atoms with E-state index in [1.165, 1.54) is 12.3 Å². The molecule has 82 valence electrons. The molecule has 0 bridgehead atoms. The smallest absolute Gasteiger partial charge is 0.269 e. The minimum atomic E-state index is -2.87. The summed E-state index contributed by atoms with van der Waals surface area (Å²) in [5, 5.41) is 10.9. The molecular weight excluding hydrogens is 206 g/mol. The molecule has 1 heterocycles. The number of pyridine rings is 1. The number of amides is 1. The van der Waals surface area contributed by atoms with Crippen LogP contribution in [0.5, 0.6) is 0 Å². The number of aromatic nitrogens is 1. The van der Waals surface area contributed by atoms with Crippen LogP contribution in [0.25, 0.3) is 0 Å². The second-order valence-electron chi connectivity index (χ2n) is 2.83. The molecule has 0 aliphatic heterocycles. The Morgan fingerprint density at radius 3 is 2.80 bits per heavy atom. The van der Waals surface area contributed by atoms with E-state index in [4.69, 9.17) is 5.11 Å². The topological polar surface area (TPSA) is 62.2 Å². The van der Waals surface area contributed by atoms with E-state index in [1.807, 2.05) is 0 Å². The number of aliphatic hydroxyl groups is 1. The lowest BCUT2D eigenvalue weighted by Gasteiger charge is -2.09. The molecule has 2 N–H and O–H groups in total. The third-order valence-corrected chi connectivity index (χ3v) is 1.66. The van der Waals surface area contributed by atoms with Gasteiger partial charge in [-0.2, -0.15) is 0 Å². The van der Waals surface area contributed by atoms with Gasteiger partial charge in [-0.25, -0.2) is 8.78 Å². The summed E-state index contributed by atoms with van der Waals surface area (Å²) in [6.45, 7) is -0.493. The van der Waals surface area contributed by atoms with Crippen molar-refractivity contribution in [1.82, 2.24) is 10.3 Å². The highest BCUT2D eigenvalue weighted by molar-refractivity contribution is 5.92. The first-order chi connectivity index (χ1) is 7.11. The van der Waals surface area contributed by atoms with Gasteiger partial charge in [0.25, 0.3) is 12.3 Å². The Hall–Kier alpha value is -1.56. The van der Waals surface area contributed by atoms with Crippen molar-refractivity contribution < 1.29 is 18.7 Å². The third kappa shape index (κ3) is 3.59. The van der Waals surface area contributed by atoms with Gasteiger partial charge in [-0.15, -0.1) is 0 Å². The second kappa shape index (κ2) is 5.35. The van der Waals surface area contributed by atoms with Crippen LogP contribution < -0.4 is 5.32 Å². The van der Waals surface area contributed by atoms with E-state index in [0.29, 0.717) is 0 Å². The van der Waals surface area contributed by atoms with Crippen LogP contribution >= 0.6 is 0 Å². The number of halogens is 2. The minimum Gasteiger partial charge on any atom is -0.385 e. The van der Waals surface area contributed by atoms with Crippen molar-refractivity contribution in [2.24, 2.45) is 0 Å². The normalized spacial score (nSPS) is 12.5. The lowest BCUT2D eigenvalue weighted by molar-refractivity contribution is -0.00272. The maximum absolute atomic E-state index is 11.9. The summed E-state index contributed by atoms with van der Waals surface area (Å²) < 4.78 is 23.7. The largest absolute Gasteiger partial charge is 0.385 e. The maximum atomic E-state index is 11.9. The van der Waals surface area contributed by atoms with Crippen LogP contribution in [0.4, 0.5) is 8.78 Å². The molecule has 0 radical (unpaired) electrons. The quantitative estimate of drug-likeness (QED) is 0.767. The zero-order valence-corrected chi connectivity index (χ0v) is 7.73. The maximum Gasteiger partial charge on any atom is 0.269 e. The predicted molar refractivity (Wildman–Crippen MR) is 48.6 cm³/mol. The van der Waals surface area contributed by atoms with Gasteiger partial charge >= 0.3 is 0 Å². The summed E-state index contributed by atoms with van der Waals surface area (Å²) in [6, 6.07) is 4.68. The molecule has 0 fully saturated rings. The zero-order valence-electron chi connectivity index (χ0n) is 7.73. The summed E-state index contributed by atoms with van der Waals surface area (Å²) in [7, 11) is 0. The average molecular weight is 216 g/mol. The van der Waals surface area contributed by atoms with Gasteiger partial charge in [0.05, 0.1) is 0 Å². The zero-order chi connectivity index (χ0) is 11.3. The molecule has 0 aromatic carbocycles. The van der Waals surface area contributed by atoms with Gasteiger partial charge in [0.2, 0.25) is 0 Å². The van der Waals surface area contributed by atoms with Gasteiger partial charge in [-0.1, -0.05) is 6.07 Å². The predicted octanol–water partition coefficient (Wildman–Crippen LogP) is 0.437. The van der Waals surface area contributed by atoms with Crippen LogP contribution in [-0.2, 0) is 0 Å². The Balaban J connectivity index is 2.44. The van der Waals surface area contributed by atoms with Crippen LogP contribution in [0.15, 0.2) is 24.4 Å². The Labute approximate surface area is 84.9 Å². The molecule has 1 rings (SSSR count). The highest BCUT2D eigenvalue weighted by Crippen LogP contribution is 1.99. The number of carbonyl (C=O) groups is 1. The molecule has 4 nitrogen and oxygen atoms in total. The summed E-state index contributed by atoms with van der Waals surface area (Å²) in [5.74, 6) is -0.588. The van der Waals surface area contributed by atoms with Crippen LogP contribution in [0.1, 0.15) is 10.5 Å². The van der Waals surface area contributed by atoms with Crippen LogP contribution in [0.3, 0.4) is 0 Å². The molecule has 0 saturated carbocycles. The summed E-state index contributed by atoms with van der Waals surface area (Å²) >= 11 is 0. The van der Waals surface area contributed by atoms with Crippen LogP contribution in [0.2, 0.25) is 0 Å². The highest BCUT2D eigenvalue weighted by Gasteiger charge is 2.17. The first kappa shape index (κ1) is 11.5. The van der Waals surface area contributed by atoms with Crippen LogP contribution in [-0.4, -0.2) is 35.1 Å². The molecule has 0 saturated heterocycles. The minimum absolute atomic E-state index is 0.124. The first-order valence-corrected chi connectivity index (χ1v) is 4.26. The average Bonchev–Trinajstić information content (AvgIpc) is 2.26. The molecule has 6 heteroatoms. The molecular formula is C9H10F2N2O2. The highest BCUT2D eigenvalue weighted by atomic mass is 19.3. The summed E-state index contributed by atoms with van der Waals surface area (Å²) in [4.78, 5) is 15.0. The standard InChI is InChI=1S/C9H10F2N2O2/c10-8(11)7(14)5-13-9(15)6-3-1-2-4-12-6/h1-4,7-8,14H,5H2,(H,13,15). The molecule has 1 aromatic heterocycles. The first-order valence-electron chi connectivity index (χ1n) is 4.26. The van der Waals surface area contributed by atoms with Gasteiger partial charge < -0.3 is 10.4 Å². The van der Waals surface area contributed by atoms with E-state index in [1.54, 1.807) is 12.1 Å². The Morgan fingerprint density at radius 1 is 1.53 bits per heavy atom. The van der Waals surface area contributed by atoms with E-state index in [9.17, 15) is 13.6 Å². The van der Waals surface area contributed by atoms with Crippen molar-refractivity contribution in [3.05, 3.63) is 30.1 Å². The van der Waals surface area contributed by atoms with E-state index in [2.05, 4.69) is 10.3 Å². The van der Waals surface area contributed by atoms with E-state index in [0.717, 1.165) is 0 Å². The Kier molecular flexibility index (Phi) is 4.11. The SMILES string of the molecule is O=C(NCC(O)C(F)F)c1ccccn1. The van der Waals surface area contributed by atoms with Crippen molar-refractivity contribution in [3.63, 3.8) is 0 Å². The molecule has 0 aliphatic carbocycles. The number of hydrogen-bond acceptors (Lipinski definition) is 3. The van der Waals surface area contributed by atoms with Crippen molar-refractivity contribution in [2.45, 2.75) is 12.5 Å². The van der Waals surface area contributed by atoms with Gasteiger partial charge in [-0.05, 0) is 12.1 Å². The van der Waals surface area contributed by atoms with Crippen molar-refractivity contribution >= 4 is 5.91 Å². The second-order valence-corrected chi connectivity index (χ2v) is 2.83. The fourth-order valence-corrected chi connectivity index (χ4v) is 0.874. The van der Waals surface area contributed by atoms with E-state index in [-0.39, 0.29) is 5.69 Å². The summed E-state index contributed by atoms with van der Waals surface area (Å²) in [6.07, 6.45) is -3.30. The lowest BCUT2D eigenvalue weighted by atomic mass is 10.3. The van der Waals surface area contributed by atoms with Gasteiger partial charge in [-0.3, -0.25) is 9.78 Å². The molecule has 1 amide bonds. The number of nitrogens with one attached hydrogen (secondary N) is 1. The molecule has 1 aromatic rings. The Morgan fingerprint density at radius 2 is 2.27 bits per heavy atom. The van der Waals surface area contributed by atoms with Crippen molar-refractivity contribution in [2.75, 3.05) is 6.54 Å². The molecule has 15 heavy (non-hydrogen) atoms. The fraction of sp³-hybridized carbons (Fsp3) is 0.333. The molecule has 1 atom stereocenters. The van der Waals surface area contributed by atoms with Gasteiger partial charge in [0, 0.05) is 12.7 Å². The number of nitrogens with zero attached hydrogens (tertiary/aromatic N) is 1. The number of carbonyl (C=O) groups excluding carboxylic acids is 1. The molecule has 1 unspecified atom stereocenters. The number of rotatable bonds is 4. The van der Waals surface area contributed by atoms with Crippen molar-refractivity contribution in [3.8, 4) is 0 Å². The van der Waals surface area contributed by atoms with Gasteiger partial charge in [0.1, 0.15) is 11.8 Å². The van der Waals surface area contributed by atoms with Crippen molar-refractivity contribution in [1.29, 1.82) is 0 Å². The molecule has 0 spiro atoms. The van der Waals surface area contributed by atoms with E-state index < -0.39 is 25.0 Å². The lowest BCUT2D eigenvalue weighted by Crippen LogP contribution is -2.36. The fourth-order valence-electron chi connectivity index (χ4n) is 0.874. The molecule has 0 aliphatic rings. The van der Waals surface area contributed by atoms with Crippen LogP contribution in [0, 0.1) is 0 Å². The Bertz CT molecular complexity index is 319. The van der Waals surface area contributed by atoms with E-state index >= 15 is 0 Å². The van der Waals surface area contributed by atoms with Gasteiger partial charge in [0.15, 0.2) is 0 Å². The third-order valence-electron chi connectivity index (χ3n) is 1.66. The number of aliphatic hydroxyl groups excluding tert-OH is 1. The summed E-state index contributed by atoms with van der Waals surface area (Å²) in [5.41, 5.74) is 0.124. The monoisotopic (exact) mass is 216 g/mol. The number of alkyl halides is 2. The number of hydrogen-bond donors (Lipinski definition) is 2.